The maximum absolute atomic E-state index is 10.9. The van der Waals surface area contributed by atoms with Crippen molar-refractivity contribution in [2.75, 3.05) is 0 Å². The predicted molar refractivity (Wildman–Crippen MR) is 67.7 cm³/mol. The Kier molecular flexibility index (Phi) is 3.56. The summed E-state index contributed by atoms with van der Waals surface area (Å²) in [5.41, 5.74) is 0.321. The van der Waals surface area contributed by atoms with E-state index in [1.165, 1.54) is 4.88 Å². The van der Waals surface area contributed by atoms with E-state index in [0.717, 1.165) is 11.3 Å². The molecule has 0 aliphatic rings. The lowest BCUT2D eigenvalue weighted by molar-refractivity contribution is 0.426. The van der Waals surface area contributed by atoms with Crippen LogP contribution in [0.15, 0.2) is 22.7 Å². The second kappa shape index (κ2) is 4.80. The van der Waals surface area contributed by atoms with Crippen LogP contribution in [0.25, 0.3) is 10.6 Å². The SMILES string of the molecule is CCc1ccc(-c2cc(CS(=O)(=O)Cl)no2)s1. The van der Waals surface area contributed by atoms with Crippen LogP contribution in [-0.2, 0) is 21.2 Å². The maximum Gasteiger partial charge on any atom is 0.238 e. The molecule has 0 aliphatic heterocycles. The van der Waals surface area contributed by atoms with E-state index < -0.39 is 9.05 Å². The first-order chi connectivity index (χ1) is 7.98. The Morgan fingerprint density at radius 1 is 1.47 bits per heavy atom. The second-order valence-corrected chi connectivity index (χ2v) is 7.43. The molecule has 0 bridgehead atoms. The van der Waals surface area contributed by atoms with Gasteiger partial charge in [-0.05, 0) is 18.6 Å². The molecule has 92 valence electrons. The molecule has 2 heterocycles. The number of nitrogens with zero attached hydrogens (tertiary/aromatic N) is 1. The summed E-state index contributed by atoms with van der Waals surface area (Å²) in [6.45, 7) is 2.07. The molecule has 2 aromatic heterocycles. The summed E-state index contributed by atoms with van der Waals surface area (Å²) in [5.74, 6) is 0.259. The molecular formula is C10H10ClNO3S2. The summed E-state index contributed by atoms with van der Waals surface area (Å²) in [6.07, 6.45) is 0.960. The lowest BCUT2D eigenvalue weighted by atomic mass is 10.3. The topological polar surface area (TPSA) is 60.2 Å². The van der Waals surface area contributed by atoms with Crippen molar-refractivity contribution in [1.29, 1.82) is 0 Å². The molecule has 2 rings (SSSR count). The van der Waals surface area contributed by atoms with Crippen molar-refractivity contribution in [3.63, 3.8) is 0 Å². The van der Waals surface area contributed by atoms with Crippen molar-refractivity contribution < 1.29 is 12.9 Å². The fourth-order valence-corrected chi connectivity index (χ4v) is 3.09. The number of hydrogen-bond acceptors (Lipinski definition) is 5. The van der Waals surface area contributed by atoms with Gasteiger partial charge in [0.2, 0.25) is 9.05 Å². The molecule has 0 fully saturated rings. The molecule has 0 N–H and O–H groups in total. The zero-order valence-corrected chi connectivity index (χ0v) is 11.4. The first-order valence-electron chi connectivity index (χ1n) is 4.95. The third-order valence-electron chi connectivity index (χ3n) is 2.13. The van der Waals surface area contributed by atoms with Gasteiger partial charge in [-0.25, -0.2) is 8.42 Å². The number of rotatable bonds is 4. The van der Waals surface area contributed by atoms with E-state index in [9.17, 15) is 8.42 Å². The van der Waals surface area contributed by atoms with Gasteiger partial charge in [-0.15, -0.1) is 11.3 Å². The van der Waals surface area contributed by atoms with E-state index in [2.05, 4.69) is 12.1 Å². The Bertz CT molecular complexity index is 615. The molecule has 0 radical (unpaired) electrons. The van der Waals surface area contributed by atoms with Crippen LogP contribution < -0.4 is 0 Å². The summed E-state index contributed by atoms with van der Waals surface area (Å²) in [4.78, 5) is 2.18. The molecule has 17 heavy (non-hydrogen) atoms. The lowest BCUT2D eigenvalue weighted by Gasteiger charge is -1.87. The van der Waals surface area contributed by atoms with Gasteiger partial charge < -0.3 is 4.52 Å². The first kappa shape index (κ1) is 12.6. The number of hydrogen-bond donors (Lipinski definition) is 0. The Labute approximate surface area is 108 Å². The summed E-state index contributed by atoms with van der Waals surface area (Å²) in [7, 11) is 1.55. The smallest absolute Gasteiger partial charge is 0.238 e. The number of thiophene rings is 1. The molecule has 0 unspecified atom stereocenters. The summed E-state index contributed by atoms with van der Waals surface area (Å²) >= 11 is 1.60. The van der Waals surface area contributed by atoms with Gasteiger partial charge in [0, 0.05) is 21.6 Å². The van der Waals surface area contributed by atoms with Gasteiger partial charge in [0.15, 0.2) is 5.76 Å². The van der Waals surface area contributed by atoms with Crippen molar-refractivity contribution >= 4 is 31.1 Å². The minimum absolute atomic E-state index is 0.315. The molecule has 0 saturated carbocycles. The number of aromatic nitrogens is 1. The zero-order chi connectivity index (χ0) is 12.5. The van der Waals surface area contributed by atoms with Crippen LogP contribution in [0.3, 0.4) is 0 Å². The van der Waals surface area contributed by atoms with Gasteiger partial charge >= 0.3 is 0 Å². The Hall–Kier alpha value is -0.850. The van der Waals surface area contributed by atoms with Crippen LogP contribution in [0.4, 0.5) is 0 Å². The summed E-state index contributed by atoms with van der Waals surface area (Å²) < 4.78 is 26.9. The molecule has 2 aromatic rings. The van der Waals surface area contributed by atoms with E-state index >= 15 is 0 Å². The second-order valence-electron chi connectivity index (χ2n) is 3.49. The highest BCUT2D eigenvalue weighted by atomic mass is 35.7. The molecule has 0 atom stereocenters. The van der Waals surface area contributed by atoms with Crippen molar-refractivity contribution in [3.05, 3.63) is 28.8 Å². The maximum atomic E-state index is 10.9. The third kappa shape index (κ3) is 3.31. The lowest BCUT2D eigenvalue weighted by Crippen LogP contribution is -1.94. The van der Waals surface area contributed by atoms with E-state index in [-0.39, 0.29) is 5.75 Å². The van der Waals surface area contributed by atoms with Gasteiger partial charge in [-0.2, -0.15) is 0 Å². The molecule has 0 spiro atoms. The molecule has 7 heteroatoms. The molecular weight excluding hydrogens is 282 g/mol. The fourth-order valence-electron chi connectivity index (χ4n) is 1.37. The van der Waals surface area contributed by atoms with Crippen LogP contribution in [0.1, 0.15) is 17.5 Å². The average molecular weight is 292 g/mol. The van der Waals surface area contributed by atoms with Crippen LogP contribution in [0.2, 0.25) is 0 Å². The highest BCUT2D eigenvalue weighted by Gasteiger charge is 2.14. The highest BCUT2D eigenvalue weighted by molar-refractivity contribution is 8.13. The van der Waals surface area contributed by atoms with Gasteiger partial charge in [0.1, 0.15) is 11.4 Å². The quantitative estimate of drug-likeness (QED) is 0.812. The van der Waals surface area contributed by atoms with Gasteiger partial charge in [0.05, 0.1) is 4.88 Å². The van der Waals surface area contributed by atoms with E-state index in [4.69, 9.17) is 15.2 Å². The largest absolute Gasteiger partial charge is 0.355 e. The van der Waals surface area contributed by atoms with E-state index in [1.54, 1.807) is 17.4 Å². The zero-order valence-electron chi connectivity index (χ0n) is 9.01. The molecule has 0 saturated heterocycles. The highest BCUT2D eigenvalue weighted by Crippen LogP contribution is 2.29. The Morgan fingerprint density at radius 2 is 2.24 bits per heavy atom. The normalized spacial score (nSPS) is 11.9. The summed E-state index contributed by atoms with van der Waals surface area (Å²) in [6, 6.07) is 5.55. The molecule has 0 amide bonds. The number of aryl methyl sites for hydroxylation is 1. The predicted octanol–water partition coefficient (Wildman–Crippen LogP) is 3.03. The minimum atomic E-state index is -3.59. The molecule has 4 nitrogen and oxygen atoms in total. The van der Waals surface area contributed by atoms with Crippen molar-refractivity contribution in [2.24, 2.45) is 0 Å². The van der Waals surface area contributed by atoms with E-state index in [0.29, 0.717) is 11.5 Å². The van der Waals surface area contributed by atoms with Gasteiger partial charge in [-0.3, -0.25) is 0 Å². The monoisotopic (exact) mass is 291 g/mol. The summed E-state index contributed by atoms with van der Waals surface area (Å²) in [5, 5.41) is 3.68. The van der Waals surface area contributed by atoms with Crippen molar-refractivity contribution in [1.82, 2.24) is 5.16 Å². The minimum Gasteiger partial charge on any atom is -0.355 e. The molecule has 0 aromatic carbocycles. The average Bonchev–Trinajstić information content (AvgIpc) is 2.82. The number of halogens is 1. The van der Waals surface area contributed by atoms with E-state index in [1.807, 2.05) is 12.1 Å². The van der Waals surface area contributed by atoms with Crippen molar-refractivity contribution in [2.45, 2.75) is 19.1 Å². The fraction of sp³-hybridized carbons (Fsp3) is 0.300. The standard InChI is InChI=1S/C10H10ClNO3S2/c1-2-8-3-4-10(16-8)9-5-7(12-15-9)6-17(11,13)14/h3-5H,2,6H2,1H3. The Morgan fingerprint density at radius 3 is 2.82 bits per heavy atom. The van der Waals surface area contributed by atoms with Crippen LogP contribution >= 0.6 is 22.0 Å². The van der Waals surface area contributed by atoms with Crippen LogP contribution in [-0.4, -0.2) is 13.6 Å². The molecule has 0 aliphatic carbocycles. The van der Waals surface area contributed by atoms with Crippen LogP contribution in [0, 0.1) is 0 Å². The van der Waals surface area contributed by atoms with Gasteiger partial charge in [0.25, 0.3) is 0 Å². The first-order valence-corrected chi connectivity index (χ1v) is 8.24. The van der Waals surface area contributed by atoms with Crippen molar-refractivity contribution in [3.8, 4) is 10.6 Å². The van der Waals surface area contributed by atoms with Crippen LogP contribution in [0.5, 0.6) is 0 Å². The van der Waals surface area contributed by atoms with Gasteiger partial charge in [-0.1, -0.05) is 12.1 Å². The Balaban J connectivity index is 2.23. The third-order valence-corrected chi connectivity index (χ3v) is 4.34.